The summed E-state index contributed by atoms with van der Waals surface area (Å²) in [6.45, 7) is 11.4. The summed E-state index contributed by atoms with van der Waals surface area (Å²) in [5.41, 5.74) is 7.80. The molecule has 3 aromatic rings. The highest BCUT2D eigenvalue weighted by atomic mass is 16.7. The zero-order valence-corrected chi connectivity index (χ0v) is 23.4. The fraction of sp³-hybridized carbons (Fsp3) is 0.538. The van der Waals surface area contributed by atoms with Crippen LogP contribution in [-0.4, -0.2) is 86.2 Å². The van der Waals surface area contributed by atoms with Crippen molar-refractivity contribution in [3.8, 4) is 0 Å². The molecule has 2 N–H and O–H groups in total. The van der Waals surface area contributed by atoms with Gasteiger partial charge in [-0.3, -0.25) is 14.5 Å². The number of rotatable bonds is 15. The normalized spacial score (nSPS) is 12.8. The Labute approximate surface area is 233 Å². The molecule has 0 radical (unpaired) electrons. The molecular weight excluding hydrogens is 520 g/mol. The summed E-state index contributed by atoms with van der Waals surface area (Å²) in [6, 6.07) is 6.82. The first kappa shape index (κ1) is 31.0. The Morgan fingerprint density at radius 3 is 1.52 bits per heavy atom. The maximum Gasteiger partial charge on any atom is 0.261 e. The van der Waals surface area contributed by atoms with Crippen molar-refractivity contribution in [3.05, 3.63) is 59.2 Å². The van der Waals surface area contributed by atoms with Crippen molar-refractivity contribution >= 4 is 11.8 Å². The molecule has 2 aromatic heterocycles. The van der Waals surface area contributed by atoms with Crippen molar-refractivity contribution in [1.29, 1.82) is 0 Å². The van der Waals surface area contributed by atoms with Crippen LogP contribution in [-0.2, 0) is 32.0 Å². The lowest BCUT2D eigenvalue weighted by molar-refractivity contribution is -0.144. The summed E-state index contributed by atoms with van der Waals surface area (Å²) in [6.07, 6.45) is 2.23. The third kappa shape index (κ3) is 7.55. The van der Waals surface area contributed by atoms with Crippen molar-refractivity contribution in [2.45, 2.75) is 53.4 Å². The van der Waals surface area contributed by atoms with Gasteiger partial charge in [0.2, 0.25) is 12.6 Å². The average Bonchev–Trinajstić information content (AvgIpc) is 3.68. The molecule has 0 unspecified atom stereocenters. The number of carbonyl (C=O) groups excluding carboxylic acids is 2. The van der Waals surface area contributed by atoms with Gasteiger partial charge >= 0.3 is 0 Å². The number of nitrogens with two attached hydrogens (primary N) is 1. The lowest BCUT2D eigenvalue weighted by atomic mass is 10.1. The topological polar surface area (TPSA) is 162 Å². The number of ether oxygens (including phenoxy) is 4. The third-order valence-electron chi connectivity index (χ3n) is 5.80. The van der Waals surface area contributed by atoms with E-state index in [9.17, 15) is 9.59 Å². The van der Waals surface area contributed by atoms with E-state index in [1.807, 2.05) is 27.7 Å². The van der Waals surface area contributed by atoms with Gasteiger partial charge in [0.25, 0.3) is 11.8 Å². The SMILES string of the molecule is CCOC(OCC)c1cnnn1CCN.CCOC(OCC)c1cnnn1CCN1C(=O)c2ccccc2C1=O. The molecule has 0 aliphatic carbocycles. The highest BCUT2D eigenvalue weighted by Crippen LogP contribution is 2.23. The van der Waals surface area contributed by atoms with E-state index in [-0.39, 0.29) is 18.4 Å². The second-order valence-electron chi connectivity index (χ2n) is 8.35. The number of fused-ring (bicyclic) bond motifs is 1. The molecule has 4 rings (SSSR count). The fourth-order valence-electron chi connectivity index (χ4n) is 4.05. The number of benzene rings is 1. The summed E-state index contributed by atoms with van der Waals surface area (Å²) in [4.78, 5) is 26.0. The Morgan fingerprint density at radius 2 is 1.12 bits per heavy atom. The number of imide groups is 1. The fourth-order valence-corrected chi connectivity index (χ4v) is 4.05. The van der Waals surface area contributed by atoms with Crippen LogP contribution in [0.5, 0.6) is 0 Å². The molecule has 0 saturated heterocycles. The van der Waals surface area contributed by atoms with Crippen LogP contribution < -0.4 is 5.73 Å². The van der Waals surface area contributed by atoms with Gasteiger partial charge in [-0.25, -0.2) is 9.36 Å². The van der Waals surface area contributed by atoms with Crippen molar-refractivity contribution in [3.63, 3.8) is 0 Å². The zero-order valence-electron chi connectivity index (χ0n) is 23.4. The van der Waals surface area contributed by atoms with E-state index in [0.717, 1.165) is 5.69 Å². The van der Waals surface area contributed by atoms with Crippen LogP contribution in [0.3, 0.4) is 0 Å². The highest BCUT2D eigenvalue weighted by Gasteiger charge is 2.35. The number of carbonyl (C=O) groups is 2. The second kappa shape index (κ2) is 15.9. The Kier molecular flexibility index (Phi) is 12.3. The van der Waals surface area contributed by atoms with Gasteiger partial charge in [-0.1, -0.05) is 22.6 Å². The summed E-state index contributed by atoms with van der Waals surface area (Å²) < 4.78 is 25.3. The third-order valence-corrected chi connectivity index (χ3v) is 5.80. The zero-order chi connectivity index (χ0) is 28.9. The number of aromatic nitrogens is 6. The van der Waals surface area contributed by atoms with Crippen molar-refractivity contribution in [2.75, 3.05) is 39.5 Å². The minimum atomic E-state index is -0.577. The first-order valence-corrected chi connectivity index (χ1v) is 13.4. The van der Waals surface area contributed by atoms with Gasteiger partial charge in [-0.15, -0.1) is 10.2 Å². The maximum atomic E-state index is 12.4. The first-order chi connectivity index (χ1) is 19.5. The molecule has 0 spiro atoms. The quantitative estimate of drug-likeness (QED) is 0.214. The Balaban J connectivity index is 0.000000252. The minimum Gasteiger partial charge on any atom is -0.347 e. The first-order valence-electron chi connectivity index (χ1n) is 13.4. The molecule has 40 heavy (non-hydrogen) atoms. The van der Waals surface area contributed by atoms with E-state index in [4.69, 9.17) is 24.7 Å². The van der Waals surface area contributed by atoms with E-state index >= 15 is 0 Å². The van der Waals surface area contributed by atoms with Crippen LogP contribution >= 0.6 is 0 Å². The van der Waals surface area contributed by atoms with Crippen molar-refractivity contribution in [2.24, 2.45) is 5.73 Å². The smallest absolute Gasteiger partial charge is 0.261 e. The lowest BCUT2D eigenvalue weighted by Gasteiger charge is -2.19. The van der Waals surface area contributed by atoms with Crippen LogP contribution in [0.2, 0.25) is 0 Å². The summed E-state index contributed by atoms with van der Waals surface area (Å²) >= 11 is 0. The molecule has 1 aromatic carbocycles. The largest absolute Gasteiger partial charge is 0.347 e. The molecular formula is C26H38N8O6. The standard InChI is InChI=1S/C17H20N4O4.C9H18N4O2/c1-3-24-17(25-4-2)14-11-18-19-21(14)10-9-20-15(22)12-7-5-6-8-13(12)16(20)23;1-3-14-9(15-4-2)8-7-11-12-13(8)6-5-10/h5-8,11,17H,3-4,9-10H2,1-2H3;7,9H,3-6,10H2,1-2H3. The Bertz CT molecular complexity index is 1170. The molecule has 3 heterocycles. The molecule has 1 aliphatic heterocycles. The second-order valence-corrected chi connectivity index (χ2v) is 8.35. The minimum absolute atomic E-state index is 0.202. The molecule has 0 bridgehead atoms. The van der Waals surface area contributed by atoms with E-state index in [2.05, 4.69) is 20.6 Å². The highest BCUT2D eigenvalue weighted by molar-refractivity contribution is 6.21. The number of hydrogen-bond donors (Lipinski definition) is 1. The monoisotopic (exact) mass is 558 g/mol. The maximum absolute atomic E-state index is 12.4. The van der Waals surface area contributed by atoms with Gasteiger partial charge in [0.1, 0.15) is 11.4 Å². The molecule has 14 nitrogen and oxygen atoms in total. The van der Waals surface area contributed by atoms with Crippen molar-refractivity contribution in [1.82, 2.24) is 34.9 Å². The lowest BCUT2D eigenvalue weighted by Crippen LogP contribution is -2.33. The van der Waals surface area contributed by atoms with E-state index in [1.165, 1.54) is 4.90 Å². The molecule has 0 fully saturated rings. The van der Waals surface area contributed by atoms with Gasteiger partial charge in [-0.05, 0) is 39.8 Å². The molecule has 218 valence electrons. The van der Waals surface area contributed by atoms with Gasteiger partial charge in [0, 0.05) is 39.5 Å². The van der Waals surface area contributed by atoms with Gasteiger partial charge in [0.05, 0.1) is 36.6 Å². The number of nitrogens with zero attached hydrogens (tertiary/aromatic N) is 7. The van der Waals surface area contributed by atoms with Crippen LogP contribution in [0.25, 0.3) is 0 Å². The predicted octanol–water partition coefficient (Wildman–Crippen LogP) is 1.95. The molecule has 0 atom stereocenters. The Morgan fingerprint density at radius 1 is 0.700 bits per heavy atom. The van der Waals surface area contributed by atoms with Gasteiger partial charge < -0.3 is 24.7 Å². The molecule has 0 saturated carbocycles. The molecule has 2 amide bonds. The van der Waals surface area contributed by atoms with Gasteiger partial charge in [-0.2, -0.15) is 0 Å². The predicted molar refractivity (Wildman–Crippen MR) is 143 cm³/mol. The summed E-state index contributed by atoms with van der Waals surface area (Å²) in [5, 5.41) is 15.7. The van der Waals surface area contributed by atoms with E-state index in [0.29, 0.717) is 62.9 Å². The van der Waals surface area contributed by atoms with E-state index in [1.54, 1.807) is 46.0 Å². The van der Waals surface area contributed by atoms with Gasteiger partial charge in [0.15, 0.2) is 0 Å². The number of hydrogen-bond acceptors (Lipinski definition) is 11. The summed E-state index contributed by atoms with van der Waals surface area (Å²) in [7, 11) is 0. The number of amides is 2. The van der Waals surface area contributed by atoms with Crippen LogP contribution in [0.15, 0.2) is 36.7 Å². The molecule has 14 heteroatoms. The van der Waals surface area contributed by atoms with Crippen LogP contribution in [0, 0.1) is 0 Å². The average molecular weight is 559 g/mol. The summed E-state index contributed by atoms with van der Waals surface area (Å²) in [5.74, 6) is -0.568. The van der Waals surface area contributed by atoms with Crippen molar-refractivity contribution < 1.29 is 28.5 Å². The van der Waals surface area contributed by atoms with E-state index < -0.39 is 12.6 Å². The molecule has 1 aliphatic rings. The van der Waals surface area contributed by atoms with Crippen LogP contribution in [0.1, 0.15) is 72.4 Å². The van der Waals surface area contributed by atoms with Crippen LogP contribution in [0.4, 0.5) is 0 Å². The Hall–Kier alpha value is -3.56.